The maximum atomic E-state index is 12.0. The van der Waals surface area contributed by atoms with Gasteiger partial charge in [-0.25, -0.2) is 0 Å². The highest BCUT2D eigenvalue weighted by atomic mass is 16.2. The molecule has 0 atom stereocenters. The fourth-order valence-corrected chi connectivity index (χ4v) is 2.54. The lowest BCUT2D eigenvalue weighted by atomic mass is 9.90. The molecule has 1 saturated heterocycles. The van der Waals surface area contributed by atoms with Crippen molar-refractivity contribution in [3.63, 3.8) is 0 Å². The van der Waals surface area contributed by atoms with Gasteiger partial charge in [-0.2, -0.15) is 0 Å². The van der Waals surface area contributed by atoms with E-state index in [0.717, 1.165) is 25.9 Å². The maximum absolute atomic E-state index is 12.0. The second kappa shape index (κ2) is 6.93. The van der Waals surface area contributed by atoms with Crippen LogP contribution in [-0.4, -0.2) is 36.5 Å². The van der Waals surface area contributed by atoms with Gasteiger partial charge in [0.15, 0.2) is 0 Å². The molecule has 1 rings (SSSR count). The predicted octanol–water partition coefficient (Wildman–Crippen LogP) is 3.44. The third kappa shape index (κ3) is 6.74. The number of carbonyl (C=O) groups is 1. The van der Waals surface area contributed by atoms with E-state index in [-0.39, 0.29) is 11.3 Å². The van der Waals surface area contributed by atoms with Crippen LogP contribution in [0.1, 0.15) is 67.2 Å². The van der Waals surface area contributed by atoms with E-state index >= 15 is 0 Å². The van der Waals surface area contributed by atoms with Crippen LogP contribution in [0.15, 0.2) is 0 Å². The number of nitrogens with one attached hydrogen (secondary N) is 1. The Hall–Kier alpha value is -0.570. The minimum Gasteiger partial charge on any atom is -0.353 e. The highest BCUT2D eigenvalue weighted by Gasteiger charge is 2.26. The van der Waals surface area contributed by atoms with E-state index < -0.39 is 0 Å². The summed E-state index contributed by atoms with van der Waals surface area (Å²) in [5.41, 5.74) is 0.169. The van der Waals surface area contributed by atoms with Crippen LogP contribution >= 0.6 is 0 Å². The van der Waals surface area contributed by atoms with Crippen molar-refractivity contribution in [3.8, 4) is 0 Å². The van der Waals surface area contributed by atoms with E-state index in [9.17, 15) is 4.79 Å². The van der Waals surface area contributed by atoms with Gasteiger partial charge in [0.25, 0.3) is 0 Å². The fourth-order valence-electron chi connectivity index (χ4n) is 2.54. The molecule has 20 heavy (non-hydrogen) atoms. The van der Waals surface area contributed by atoms with Gasteiger partial charge >= 0.3 is 0 Å². The standard InChI is InChI=1S/C17H34N2O/c1-16(2,3)10-7-11-19-12-8-14(9-13-19)18-15(20)17(4,5)6/h14H,7-13H2,1-6H3,(H,18,20). The molecule has 1 aliphatic heterocycles. The predicted molar refractivity (Wildman–Crippen MR) is 85.7 cm³/mol. The van der Waals surface area contributed by atoms with Gasteiger partial charge in [0.1, 0.15) is 0 Å². The third-order valence-electron chi connectivity index (χ3n) is 4.01. The molecule has 0 radical (unpaired) electrons. The van der Waals surface area contributed by atoms with Gasteiger partial charge in [0.05, 0.1) is 0 Å². The van der Waals surface area contributed by atoms with Gasteiger partial charge < -0.3 is 10.2 Å². The third-order valence-corrected chi connectivity index (χ3v) is 4.01. The molecule has 0 aliphatic carbocycles. The lowest BCUT2D eigenvalue weighted by Crippen LogP contribution is -2.47. The van der Waals surface area contributed by atoms with Crippen LogP contribution in [0.2, 0.25) is 0 Å². The summed E-state index contributed by atoms with van der Waals surface area (Å²) in [6.07, 6.45) is 4.75. The van der Waals surface area contributed by atoms with E-state index in [4.69, 9.17) is 0 Å². The smallest absolute Gasteiger partial charge is 0.225 e. The quantitative estimate of drug-likeness (QED) is 0.856. The molecule has 118 valence electrons. The normalized spacial score (nSPS) is 19.1. The van der Waals surface area contributed by atoms with Gasteiger partial charge in [-0.3, -0.25) is 4.79 Å². The lowest BCUT2D eigenvalue weighted by Gasteiger charge is -2.34. The summed E-state index contributed by atoms with van der Waals surface area (Å²) >= 11 is 0. The number of hydrogen-bond donors (Lipinski definition) is 1. The van der Waals surface area contributed by atoms with Crippen LogP contribution in [0, 0.1) is 10.8 Å². The highest BCUT2D eigenvalue weighted by Crippen LogP contribution is 2.21. The molecule has 1 fully saturated rings. The first-order chi connectivity index (χ1) is 9.08. The molecule has 0 spiro atoms. The Morgan fingerprint density at radius 1 is 1.10 bits per heavy atom. The Bertz CT molecular complexity index is 304. The Labute approximate surface area is 125 Å². The first kappa shape index (κ1) is 17.5. The maximum Gasteiger partial charge on any atom is 0.225 e. The molecule has 1 amide bonds. The number of hydrogen-bond acceptors (Lipinski definition) is 2. The summed E-state index contributed by atoms with van der Waals surface area (Å²) in [5, 5.41) is 3.19. The number of carbonyl (C=O) groups excluding carboxylic acids is 1. The average molecular weight is 282 g/mol. The summed E-state index contributed by atoms with van der Waals surface area (Å²) in [6.45, 7) is 16.3. The monoisotopic (exact) mass is 282 g/mol. The summed E-state index contributed by atoms with van der Waals surface area (Å²) in [7, 11) is 0. The van der Waals surface area contributed by atoms with E-state index in [1.54, 1.807) is 0 Å². The molecule has 1 aliphatic rings. The second-order valence-electron chi connectivity index (χ2n) is 8.50. The number of likely N-dealkylation sites (tertiary alicyclic amines) is 1. The number of piperidine rings is 1. The molecule has 0 aromatic heterocycles. The van der Waals surface area contributed by atoms with Crippen molar-refractivity contribution in [2.24, 2.45) is 10.8 Å². The SMILES string of the molecule is CC(C)(C)CCCN1CCC(NC(=O)C(C)(C)C)CC1. The zero-order valence-electron chi connectivity index (χ0n) is 14.4. The summed E-state index contributed by atoms with van der Waals surface area (Å²) in [6, 6.07) is 0.376. The van der Waals surface area contributed by atoms with Crippen molar-refractivity contribution in [3.05, 3.63) is 0 Å². The molecule has 0 unspecified atom stereocenters. The van der Waals surface area contributed by atoms with Gasteiger partial charge in [0, 0.05) is 24.5 Å². The molecular formula is C17H34N2O. The van der Waals surface area contributed by atoms with Gasteiger partial charge in [-0.15, -0.1) is 0 Å². The first-order valence-electron chi connectivity index (χ1n) is 8.11. The van der Waals surface area contributed by atoms with Crippen molar-refractivity contribution in [2.45, 2.75) is 73.3 Å². The first-order valence-corrected chi connectivity index (χ1v) is 8.11. The number of amides is 1. The summed E-state index contributed by atoms with van der Waals surface area (Å²) in [4.78, 5) is 14.5. The van der Waals surface area contributed by atoms with Crippen molar-refractivity contribution in [2.75, 3.05) is 19.6 Å². The summed E-state index contributed by atoms with van der Waals surface area (Å²) < 4.78 is 0. The van der Waals surface area contributed by atoms with E-state index in [1.165, 1.54) is 19.4 Å². The van der Waals surface area contributed by atoms with Crippen LogP contribution in [0.25, 0.3) is 0 Å². The topological polar surface area (TPSA) is 32.3 Å². The van der Waals surface area contributed by atoms with Crippen molar-refractivity contribution in [1.29, 1.82) is 0 Å². The molecule has 1 heterocycles. The van der Waals surface area contributed by atoms with Gasteiger partial charge in [-0.05, 0) is 37.6 Å². The minimum absolute atomic E-state index is 0.184. The zero-order chi connectivity index (χ0) is 15.4. The van der Waals surface area contributed by atoms with Crippen LogP contribution < -0.4 is 5.32 Å². The van der Waals surface area contributed by atoms with Crippen LogP contribution in [0.3, 0.4) is 0 Å². The van der Waals surface area contributed by atoms with Gasteiger partial charge in [-0.1, -0.05) is 41.5 Å². The zero-order valence-corrected chi connectivity index (χ0v) is 14.4. The molecule has 0 aromatic rings. The number of nitrogens with zero attached hydrogens (tertiary/aromatic N) is 1. The molecule has 1 N–H and O–H groups in total. The highest BCUT2D eigenvalue weighted by molar-refractivity contribution is 5.81. The average Bonchev–Trinajstić information content (AvgIpc) is 2.28. The summed E-state index contributed by atoms with van der Waals surface area (Å²) in [5.74, 6) is 0.184. The molecule has 0 saturated carbocycles. The van der Waals surface area contributed by atoms with E-state index in [0.29, 0.717) is 11.5 Å². The van der Waals surface area contributed by atoms with E-state index in [2.05, 4.69) is 31.0 Å². The van der Waals surface area contributed by atoms with Crippen LogP contribution in [0.4, 0.5) is 0 Å². The lowest BCUT2D eigenvalue weighted by molar-refractivity contribution is -0.129. The Morgan fingerprint density at radius 2 is 1.65 bits per heavy atom. The van der Waals surface area contributed by atoms with Crippen molar-refractivity contribution < 1.29 is 4.79 Å². The second-order valence-corrected chi connectivity index (χ2v) is 8.50. The van der Waals surface area contributed by atoms with E-state index in [1.807, 2.05) is 20.8 Å². The molecule has 0 bridgehead atoms. The Kier molecular flexibility index (Phi) is 6.06. The number of rotatable bonds is 4. The van der Waals surface area contributed by atoms with Crippen molar-refractivity contribution >= 4 is 5.91 Å². The Morgan fingerprint density at radius 3 is 2.10 bits per heavy atom. The fraction of sp³-hybridized carbons (Fsp3) is 0.941. The van der Waals surface area contributed by atoms with Crippen LogP contribution in [0.5, 0.6) is 0 Å². The minimum atomic E-state index is -0.274. The van der Waals surface area contributed by atoms with Crippen LogP contribution in [-0.2, 0) is 4.79 Å². The molecule has 3 nitrogen and oxygen atoms in total. The van der Waals surface area contributed by atoms with Gasteiger partial charge in [0.2, 0.25) is 5.91 Å². The Balaban J connectivity index is 2.22. The molecular weight excluding hydrogens is 248 g/mol. The molecule has 3 heteroatoms. The molecule has 0 aromatic carbocycles. The largest absolute Gasteiger partial charge is 0.353 e. The van der Waals surface area contributed by atoms with Crippen molar-refractivity contribution in [1.82, 2.24) is 10.2 Å².